The lowest BCUT2D eigenvalue weighted by Crippen LogP contribution is -2.16. The maximum absolute atomic E-state index is 12.4. The molecule has 3 rings (SSSR count). The number of nitrogens with zero attached hydrogens (tertiary/aromatic N) is 3. The molecule has 2 amide bonds. The summed E-state index contributed by atoms with van der Waals surface area (Å²) in [5, 5.41) is 8.45. The van der Waals surface area contributed by atoms with Crippen LogP contribution in [0.3, 0.4) is 0 Å². The molecule has 0 aliphatic rings. The van der Waals surface area contributed by atoms with Gasteiger partial charge in [-0.2, -0.15) is 0 Å². The predicted molar refractivity (Wildman–Crippen MR) is 111 cm³/mol. The van der Waals surface area contributed by atoms with Crippen molar-refractivity contribution < 1.29 is 14.4 Å². The number of aromatic nitrogens is 3. The number of anilines is 3. The summed E-state index contributed by atoms with van der Waals surface area (Å²) in [6.45, 7) is 1.41. The highest BCUT2D eigenvalue weighted by atomic mass is 16.2. The van der Waals surface area contributed by atoms with Crippen molar-refractivity contribution in [2.24, 2.45) is 14.1 Å². The van der Waals surface area contributed by atoms with Crippen LogP contribution in [0.25, 0.3) is 0 Å². The molecule has 0 unspecified atom stereocenters. The van der Waals surface area contributed by atoms with Gasteiger partial charge in [-0.3, -0.25) is 14.4 Å². The molecule has 29 heavy (non-hydrogen) atoms. The number of aryl methyl sites for hydroxylation is 2. The Morgan fingerprint density at radius 3 is 2.14 bits per heavy atom. The molecular weight excluding hydrogens is 372 g/mol. The Labute approximate surface area is 167 Å². The lowest BCUT2D eigenvalue weighted by Gasteiger charge is -2.07. The second-order valence-corrected chi connectivity index (χ2v) is 6.58. The minimum atomic E-state index is -0.364. The summed E-state index contributed by atoms with van der Waals surface area (Å²) in [5.41, 5.74) is 2.31. The molecule has 0 saturated heterocycles. The van der Waals surface area contributed by atoms with E-state index < -0.39 is 0 Å². The average Bonchev–Trinajstić information content (AvgIpc) is 3.24. The Morgan fingerprint density at radius 2 is 1.59 bits per heavy atom. The molecule has 0 fully saturated rings. The highest BCUT2D eigenvalue weighted by Crippen LogP contribution is 2.16. The van der Waals surface area contributed by atoms with Gasteiger partial charge in [-0.15, -0.1) is 0 Å². The molecule has 3 aromatic rings. The van der Waals surface area contributed by atoms with Gasteiger partial charge in [0.25, 0.3) is 11.8 Å². The second-order valence-electron chi connectivity index (χ2n) is 6.58. The molecule has 9 nitrogen and oxygen atoms in total. The number of ketones is 1. The molecule has 2 heterocycles. The third-order valence-electron chi connectivity index (χ3n) is 4.36. The van der Waals surface area contributed by atoms with Crippen molar-refractivity contribution in [3.8, 4) is 0 Å². The van der Waals surface area contributed by atoms with Gasteiger partial charge in [0.2, 0.25) is 0 Å². The van der Waals surface area contributed by atoms with Gasteiger partial charge in [0, 0.05) is 51.7 Å². The first-order chi connectivity index (χ1) is 13.8. The van der Waals surface area contributed by atoms with E-state index in [1.54, 1.807) is 66.8 Å². The number of rotatable bonds is 6. The first-order valence-corrected chi connectivity index (χ1v) is 8.89. The number of amides is 2. The Hall–Kier alpha value is -3.88. The maximum Gasteiger partial charge on any atom is 0.272 e. The van der Waals surface area contributed by atoms with E-state index >= 15 is 0 Å². The summed E-state index contributed by atoms with van der Waals surface area (Å²) in [4.78, 5) is 40.4. The van der Waals surface area contributed by atoms with Gasteiger partial charge in [0.1, 0.15) is 5.69 Å². The van der Waals surface area contributed by atoms with Gasteiger partial charge in [-0.25, -0.2) is 4.98 Å². The molecule has 0 aliphatic carbocycles. The van der Waals surface area contributed by atoms with Crippen LogP contribution in [-0.2, 0) is 14.1 Å². The topological polar surface area (TPSA) is 110 Å². The summed E-state index contributed by atoms with van der Waals surface area (Å²) in [7, 11) is 5.26. The SMILES string of the molecule is CNc1cc(C(=O)Nc2ccc(C(=O)Nc3cn(C)c(C(C)=O)n3)cc2)n(C)c1. The number of nitrogens with one attached hydrogen (secondary N) is 3. The summed E-state index contributed by atoms with van der Waals surface area (Å²) in [6, 6.07) is 8.25. The predicted octanol–water partition coefficient (Wildman–Crippen LogP) is 2.51. The zero-order valence-electron chi connectivity index (χ0n) is 16.6. The zero-order chi connectivity index (χ0) is 21.1. The van der Waals surface area contributed by atoms with E-state index in [9.17, 15) is 14.4 Å². The molecule has 0 saturated carbocycles. The van der Waals surface area contributed by atoms with Crippen molar-refractivity contribution in [2.75, 3.05) is 23.0 Å². The Kier molecular flexibility index (Phi) is 5.49. The average molecular weight is 394 g/mol. The Morgan fingerprint density at radius 1 is 0.897 bits per heavy atom. The highest BCUT2D eigenvalue weighted by molar-refractivity contribution is 6.06. The number of carbonyl (C=O) groups is 3. The third kappa shape index (κ3) is 4.34. The molecular formula is C20H22N6O3. The van der Waals surface area contributed by atoms with Gasteiger partial charge in [-0.1, -0.05) is 0 Å². The smallest absolute Gasteiger partial charge is 0.272 e. The lowest BCUT2D eigenvalue weighted by molar-refractivity contribution is 0.0995. The standard InChI is InChI=1S/C20H22N6O3/c1-12(27)18-23-17(11-26(18)4)24-19(28)13-5-7-14(8-6-13)22-20(29)16-9-15(21-2)10-25(16)3/h5-11,21H,1-4H3,(H,22,29)(H,24,28). The van der Waals surface area contributed by atoms with E-state index in [2.05, 4.69) is 20.9 Å². The third-order valence-corrected chi connectivity index (χ3v) is 4.36. The molecule has 1 aromatic carbocycles. The van der Waals surface area contributed by atoms with E-state index in [0.717, 1.165) is 5.69 Å². The zero-order valence-corrected chi connectivity index (χ0v) is 16.6. The Bertz CT molecular complexity index is 1080. The Balaban J connectivity index is 1.67. The largest absolute Gasteiger partial charge is 0.387 e. The second kappa shape index (κ2) is 8.01. The van der Waals surface area contributed by atoms with E-state index in [1.165, 1.54) is 6.92 Å². The van der Waals surface area contributed by atoms with Gasteiger partial charge in [-0.05, 0) is 30.3 Å². The summed E-state index contributed by atoms with van der Waals surface area (Å²) in [6.07, 6.45) is 3.39. The van der Waals surface area contributed by atoms with Gasteiger partial charge >= 0.3 is 0 Å². The molecule has 2 aromatic heterocycles. The van der Waals surface area contributed by atoms with Gasteiger partial charge in [0.15, 0.2) is 17.4 Å². The molecule has 3 N–H and O–H groups in total. The van der Waals surface area contributed by atoms with Crippen LogP contribution in [0.15, 0.2) is 42.7 Å². The van der Waals surface area contributed by atoms with Crippen LogP contribution in [0.2, 0.25) is 0 Å². The lowest BCUT2D eigenvalue weighted by atomic mass is 10.2. The molecule has 0 spiro atoms. The number of imidazole rings is 1. The first kappa shape index (κ1) is 19.9. The van der Waals surface area contributed by atoms with E-state index in [4.69, 9.17) is 0 Å². The summed E-state index contributed by atoms with van der Waals surface area (Å²) < 4.78 is 3.28. The summed E-state index contributed by atoms with van der Waals surface area (Å²) >= 11 is 0. The van der Waals surface area contributed by atoms with Crippen molar-refractivity contribution in [2.45, 2.75) is 6.92 Å². The fourth-order valence-electron chi connectivity index (χ4n) is 2.87. The van der Waals surface area contributed by atoms with E-state index in [1.807, 2.05) is 6.20 Å². The van der Waals surface area contributed by atoms with E-state index in [0.29, 0.717) is 22.8 Å². The van der Waals surface area contributed by atoms with Crippen LogP contribution in [0.1, 0.15) is 38.4 Å². The van der Waals surface area contributed by atoms with Crippen LogP contribution in [0.4, 0.5) is 17.2 Å². The van der Waals surface area contributed by atoms with E-state index in [-0.39, 0.29) is 23.4 Å². The first-order valence-electron chi connectivity index (χ1n) is 8.89. The molecule has 0 bridgehead atoms. The molecule has 9 heteroatoms. The molecule has 0 radical (unpaired) electrons. The van der Waals surface area contributed by atoms with Crippen molar-refractivity contribution in [3.05, 3.63) is 59.8 Å². The molecule has 0 aliphatic heterocycles. The number of hydrogen-bond donors (Lipinski definition) is 3. The van der Waals surface area contributed by atoms with Crippen LogP contribution >= 0.6 is 0 Å². The quantitative estimate of drug-likeness (QED) is 0.557. The highest BCUT2D eigenvalue weighted by Gasteiger charge is 2.14. The minimum absolute atomic E-state index is 0.187. The van der Waals surface area contributed by atoms with Gasteiger partial charge < -0.3 is 25.1 Å². The number of carbonyl (C=O) groups excluding carboxylic acids is 3. The van der Waals surface area contributed by atoms with Gasteiger partial charge in [0.05, 0.1) is 5.69 Å². The normalized spacial score (nSPS) is 10.5. The van der Waals surface area contributed by atoms with Crippen molar-refractivity contribution in [1.82, 2.24) is 14.1 Å². The fourth-order valence-corrected chi connectivity index (χ4v) is 2.87. The molecule has 150 valence electrons. The number of hydrogen-bond acceptors (Lipinski definition) is 5. The summed E-state index contributed by atoms with van der Waals surface area (Å²) in [5.74, 6) is -0.244. The van der Waals surface area contributed by atoms with Crippen LogP contribution in [0, 0.1) is 0 Å². The fraction of sp³-hybridized carbons (Fsp3) is 0.200. The number of benzene rings is 1. The van der Waals surface area contributed by atoms with Crippen LogP contribution < -0.4 is 16.0 Å². The van der Waals surface area contributed by atoms with Crippen molar-refractivity contribution >= 4 is 34.8 Å². The minimum Gasteiger partial charge on any atom is -0.387 e. The van der Waals surface area contributed by atoms with Crippen molar-refractivity contribution in [1.29, 1.82) is 0 Å². The molecule has 0 atom stereocenters. The van der Waals surface area contributed by atoms with Crippen LogP contribution in [0.5, 0.6) is 0 Å². The maximum atomic E-state index is 12.4. The van der Waals surface area contributed by atoms with Crippen molar-refractivity contribution in [3.63, 3.8) is 0 Å². The van der Waals surface area contributed by atoms with Crippen LogP contribution in [-0.4, -0.2) is 38.8 Å². The number of Topliss-reactive ketones (excluding diaryl/α,β-unsaturated/α-hetero) is 1. The monoisotopic (exact) mass is 394 g/mol.